The summed E-state index contributed by atoms with van der Waals surface area (Å²) < 4.78 is 10.3. The molecule has 1 fully saturated rings. The van der Waals surface area contributed by atoms with Crippen molar-refractivity contribution < 1.29 is 19.1 Å². The van der Waals surface area contributed by atoms with E-state index in [9.17, 15) is 9.59 Å². The summed E-state index contributed by atoms with van der Waals surface area (Å²) in [6.45, 7) is 8.24. The number of hydrogen-bond acceptors (Lipinski definition) is 6. The Morgan fingerprint density at radius 2 is 1.86 bits per heavy atom. The van der Waals surface area contributed by atoms with E-state index >= 15 is 0 Å². The highest BCUT2D eigenvalue weighted by atomic mass is 32.2. The van der Waals surface area contributed by atoms with E-state index in [4.69, 9.17) is 9.47 Å². The maximum atomic E-state index is 12.3. The maximum absolute atomic E-state index is 12.3. The molecule has 0 saturated carbocycles. The Bertz CT molecular complexity index is 640. The van der Waals surface area contributed by atoms with E-state index in [1.165, 1.54) is 12.0 Å². The fourth-order valence-electron chi connectivity index (χ4n) is 3.28. The van der Waals surface area contributed by atoms with Crippen molar-refractivity contribution in [1.82, 2.24) is 10.2 Å². The molecule has 1 saturated heterocycles. The van der Waals surface area contributed by atoms with Gasteiger partial charge in [-0.25, -0.2) is 4.79 Å². The molecule has 6 nitrogen and oxygen atoms in total. The monoisotopic (exact) mass is 422 g/mol. The highest BCUT2D eigenvalue weighted by Crippen LogP contribution is 2.21. The van der Waals surface area contributed by atoms with Gasteiger partial charge in [0.15, 0.2) is 0 Å². The fourth-order valence-corrected chi connectivity index (χ4v) is 4.28. The summed E-state index contributed by atoms with van der Waals surface area (Å²) in [4.78, 5) is 27.5. The van der Waals surface area contributed by atoms with Crippen molar-refractivity contribution in [2.45, 2.75) is 56.6 Å². The fraction of sp³-hybridized carbons (Fsp3) is 0.636. The number of carbonyl (C=O) groups excluding carboxylic acids is 2. The molecule has 1 aliphatic rings. The van der Waals surface area contributed by atoms with Crippen LogP contribution in [0, 0.1) is 5.92 Å². The van der Waals surface area contributed by atoms with Gasteiger partial charge in [-0.2, -0.15) is 0 Å². The van der Waals surface area contributed by atoms with Crippen molar-refractivity contribution in [3.63, 3.8) is 0 Å². The number of likely N-dealkylation sites (tertiary alicyclic amines) is 1. The number of amides is 1. The average Bonchev–Trinajstić information content (AvgIpc) is 2.69. The third kappa shape index (κ3) is 9.09. The molecule has 1 heterocycles. The summed E-state index contributed by atoms with van der Waals surface area (Å²) >= 11 is 1.73. The van der Waals surface area contributed by atoms with E-state index in [0.717, 1.165) is 44.6 Å². The number of esters is 1. The Hall–Kier alpha value is -1.73. The predicted octanol–water partition coefficient (Wildman–Crippen LogP) is 3.95. The minimum Gasteiger partial charge on any atom is -0.469 e. The molecule has 0 spiro atoms. The third-order valence-corrected chi connectivity index (χ3v) is 6.01. The van der Waals surface area contributed by atoms with Gasteiger partial charge in [0.25, 0.3) is 0 Å². The highest BCUT2D eigenvalue weighted by Gasteiger charge is 2.26. The number of alkyl carbamates (subject to hydrolysis) is 1. The molecule has 162 valence electrons. The largest absolute Gasteiger partial charge is 0.469 e. The summed E-state index contributed by atoms with van der Waals surface area (Å²) in [6, 6.07) is 10.2. The van der Waals surface area contributed by atoms with Crippen LogP contribution in [0.3, 0.4) is 0 Å². The number of ether oxygens (including phenoxy) is 2. The quantitative estimate of drug-likeness (QED) is 0.505. The number of carbonyl (C=O) groups is 2. The molecule has 1 unspecified atom stereocenters. The zero-order valence-corrected chi connectivity index (χ0v) is 18.8. The lowest BCUT2D eigenvalue weighted by atomic mass is 9.97. The van der Waals surface area contributed by atoms with Crippen LogP contribution < -0.4 is 5.32 Å². The summed E-state index contributed by atoms with van der Waals surface area (Å²) in [5, 5.41) is 3.04. The molecule has 1 amide bonds. The SMILES string of the molecule is COC(=O)C1CCN(CCC(CSc2ccccc2)NC(=O)OC(C)(C)C)CC1. The second-order valence-electron chi connectivity index (χ2n) is 8.39. The molecule has 1 aromatic rings. The lowest BCUT2D eigenvalue weighted by molar-refractivity contribution is -0.147. The van der Waals surface area contributed by atoms with Gasteiger partial charge in [-0.1, -0.05) is 18.2 Å². The number of nitrogens with one attached hydrogen (secondary N) is 1. The molecule has 0 radical (unpaired) electrons. The molecule has 0 aliphatic carbocycles. The van der Waals surface area contributed by atoms with Crippen molar-refractivity contribution in [2.24, 2.45) is 5.92 Å². The Morgan fingerprint density at radius 3 is 2.45 bits per heavy atom. The number of thioether (sulfide) groups is 1. The summed E-state index contributed by atoms with van der Waals surface area (Å²) in [5.74, 6) is 0.691. The molecule has 0 aromatic heterocycles. The number of methoxy groups -OCH3 is 1. The molecular weight excluding hydrogens is 388 g/mol. The van der Waals surface area contributed by atoms with E-state index in [1.54, 1.807) is 11.8 Å². The standard InChI is InChI=1S/C22H34N2O4S/c1-22(2,3)28-21(26)23-18(16-29-19-8-6-5-7-9-19)12-15-24-13-10-17(11-14-24)20(25)27-4/h5-9,17-18H,10-16H2,1-4H3,(H,23,26). The second kappa shape index (κ2) is 11.5. The summed E-state index contributed by atoms with van der Waals surface area (Å²) in [6.07, 6.45) is 2.12. The van der Waals surface area contributed by atoms with Crippen LogP contribution in [0.5, 0.6) is 0 Å². The van der Waals surface area contributed by atoms with E-state index in [0.29, 0.717) is 0 Å². The van der Waals surface area contributed by atoms with E-state index < -0.39 is 5.60 Å². The predicted molar refractivity (Wildman–Crippen MR) is 116 cm³/mol. The lowest BCUT2D eigenvalue weighted by Gasteiger charge is -2.32. The van der Waals surface area contributed by atoms with Crippen molar-refractivity contribution in [3.8, 4) is 0 Å². The molecular formula is C22H34N2O4S. The lowest BCUT2D eigenvalue weighted by Crippen LogP contribution is -2.43. The number of nitrogens with zero attached hydrogens (tertiary/aromatic N) is 1. The smallest absolute Gasteiger partial charge is 0.407 e. The second-order valence-corrected chi connectivity index (χ2v) is 9.49. The third-order valence-electron chi connectivity index (χ3n) is 4.83. The van der Waals surface area contributed by atoms with E-state index in [2.05, 4.69) is 22.3 Å². The van der Waals surface area contributed by atoms with Gasteiger partial charge in [0.1, 0.15) is 5.60 Å². The average molecular weight is 423 g/mol. The minimum absolute atomic E-state index is 0.00777. The maximum Gasteiger partial charge on any atom is 0.407 e. The normalized spacial score (nSPS) is 16.8. The molecule has 7 heteroatoms. The Kier molecular flexibility index (Phi) is 9.30. The minimum atomic E-state index is -0.517. The van der Waals surface area contributed by atoms with Gasteiger partial charge in [-0.15, -0.1) is 11.8 Å². The molecule has 2 rings (SSSR count). The van der Waals surface area contributed by atoms with Crippen LogP contribution in [0.2, 0.25) is 0 Å². The Morgan fingerprint density at radius 1 is 1.21 bits per heavy atom. The number of piperidine rings is 1. The zero-order chi connectivity index (χ0) is 21.3. The van der Waals surface area contributed by atoms with Gasteiger partial charge in [0, 0.05) is 23.2 Å². The van der Waals surface area contributed by atoms with Crippen molar-refractivity contribution >= 4 is 23.8 Å². The van der Waals surface area contributed by atoms with Crippen LogP contribution in [0.4, 0.5) is 4.79 Å². The van der Waals surface area contributed by atoms with Gasteiger partial charge in [0.05, 0.1) is 13.0 Å². The first-order valence-electron chi connectivity index (χ1n) is 10.2. The Labute approximate surface area is 178 Å². The van der Waals surface area contributed by atoms with Gasteiger partial charge < -0.3 is 19.7 Å². The highest BCUT2D eigenvalue weighted by molar-refractivity contribution is 7.99. The first kappa shape index (κ1) is 23.5. The van der Waals surface area contributed by atoms with Crippen molar-refractivity contribution in [1.29, 1.82) is 0 Å². The van der Waals surface area contributed by atoms with Gasteiger partial charge >= 0.3 is 12.1 Å². The molecule has 1 atom stereocenters. The summed E-state index contributed by atoms with van der Waals surface area (Å²) in [7, 11) is 1.45. The molecule has 1 aromatic carbocycles. The van der Waals surface area contributed by atoms with Crippen molar-refractivity contribution in [2.75, 3.05) is 32.5 Å². The number of benzene rings is 1. The number of hydrogen-bond donors (Lipinski definition) is 1. The van der Waals surface area contributed by atoms with Crippen LogP contribution in [-0.2, 0) is 14.3 Å². The van der Waals surface area contributed by atoms with Crippen LogP contribution in [0.25, 0.3) is 0 Å². The van der Waals surface area contributed by atoms with Gasteiger partial charge in [-0.3, -0.25) is 4.79 Å². The molecule has 1 aliphatic heterocycles. The molecule has 1 N–H and O–H groups in total. The van der Waals surface area contributed by atoms with E-state index in [1.807, 2.05) is 39.0 Å². The van der Waals surface area contributed by atoms with Crippen LogP contribution in [0.15, 0.2) is 35.2 Å². The number of rotatable bonds is 8. The topological polar surface area (TPSA) is 67.9 Å². The zero-order valence-electron chi connectivity index (χ0n) is 18.0. The molecule has 0 bridgehead atoms. The van der Waals surface area contributed by atoms with Crippen LogP contribution >= 0.6 is 11.8 Å². The van der Waals surface area contributed by atoms with Crippen LogP contribution in [0.1, 0.15) is 40.0 Å². The van der Waals surface area contributed by atoms with Gasteiger partial charge in [-0.05, 0) is 65.3 Å². The summed E-state index contributed by atoms with van der Waals surface area (Å²) in [5.41, 5.74) is -0.517. The Balaban J connectivity index is 1.85. The first-order chi connectivity index (χ1) is 13.8. The van der Waals surface area contributed by atoms with Crippen molar-refractivity contribution in [3.05, 3.63) is 30.3 Å². The van der Waals surface area contributed by atoms with E-state index in [-0.39, 0.29) is 24.0 Å². The van der Waals surface area contributed by atoms with Gasteiger partial charge in [0.2, 0.25) is 0 Å². The first-order valence-corrected chi connectivity index (χ1v) is 11.2. The molecule has 29 heavy (non-hydrogen) atoms. The van der Waals surface area contributed by atoms with Crippen LogP contribution in [-0.4, -0.2) is 61.1 Å².